The van der Waals surface area contributed by atoms with E-state index >= 15 is 0 Å². The van der Waals surface area contributed by atoms with Crippen LogP contribution in [-0.2, 0) is 6.54 Å². The Morgan fingerprint density at radius 3 is 2.88 bits per heavy atom. The van der Waals surface area contributed by atoms with Crippen LogP contribution in [0.3, 0.4) is 0 Å². The average molecular weight is 217 g/mol. The molecule has 0 spiro atoms. The van der Waals surface area contributed by atoms with E-state index in [2.05, 4.69) is 29.8 Å². The number of nitrogens with zero attached hydrogens (tertiary/aromatic N) is 2. The molecule has 16 heavy (non-hydrogen) atoms. The normalized spacial score (nSPS) is 16.2. The zero-order chi connectivity index (χ0) is 11.5. The van der Waals surface area contributed by atoms with Crippen molar-refractivity contribution in [2.75, 3.05) is 18.0 Å². The van der Waals surface area contributed by atoms with Gasteiger partial charge in [0.15, 0.2) is 0 Å². The lowest BCUT2D eigenvalue weighted by Crippen LogP contribution is -2.30. The maximum atomic E-state index is 5.80. The zero-order valence-corrected chi connectivity index (χ0v) is 10.0. The van der Waals surface area contributed by atoms with Crippen LogP contribution in [0.4, 0.5) is 5.82 Å². The molecule has 0 amide bonds. The van der Waals surface area contributed by atoms with E-state index in [0.717, 1.165) is 25.3 Å². The second-order valence-electron chi connectivity index (χ2n) is 4.38. The first-order valence-electron chi connectivity index (χ1n) is 5.77. The molecule has 0 aliphatic carbocycles. The van der Waals surface area contributed by atoms with E-state index in [4.69, 9.17) is 5.73 Å². The quantitative estimate of drug-likeness (QED) is 0.770. The van der Waals surface area contributed by atoms with Gasteiger partial charge in [-0.2, -0.15) is 0 Å². The highest BCUT2D eigenvalue weighted by Gasteiger charge is 2.15. The maximum absolute atomic E-state index is 5.80. The summed E-state index contributed by atoms with van der Waals surface area (Å²) in [6.45, 7) is 6.85. The number of aryl methyl sites for hydroxylation is 1. The van der Waals surface area contributed by atoms with Gasteiger partial charge in [-0.05, 0) is 31.9 Å². The van der Waals surface area contributed by atoms with Crippen LogP contribution in [0.2, 0.25) is 0 Å². The minimum atomic E-state index is 0.564. The van der Waals surface area contributed by atoms with Crippen molar-refractivity contribution in [3.63, 3.8) is 0 Å². The van der Waals surface area contributed by atoms with Crippen LogP contribution in [0, 0.1) is 6.92 Å². The highest BCUT2D eigenvalue weighted by Crippen LogP contribution is 2.23. The topological polar surface area (TPSA) is 42.2 Å². The SMILES string of the molecule is CC1=CCN(c2nccc(C)c2CN)CC1. The van der Waals surface area contributed by atoms with Crippen LogP contribution in [-0.4, -0.2) is 18.1 Å². The summed E-state index contributed by atoms with van der Waals surface area (Å²) in [5.41, 5.74) is 9.69. The summed E-state index contributed by atoms with van der Waals surface area (Å²) in [6.07, 6.45) is 5.27. The van der Waals surface area contributed by atoms with Crippen molar-refractivity contribution < 1.29 is 0 Å². The zero-order valence-electron chi connectivity index (χ0n) is 10.0. The number of hydrogen-bond donors (Lipinski definition) is 1. The molecule has 0 saturated heterocycles. The Labute approximate surface area is 97.0 Å². The predicted molar refractivity (Wildman–Crippen MR) is 67.5 cm³/mol. The summed E-state index contributed by atoms with van der Waals surface area (Å²) in [5, 5.41) is 0. The van der Waals surface area contributed by atoms with Crippen molar-refractivity contribution in [1.29, 1.82) is 0 Å². The lowest BCUT2D eigenvalue weighted by molar-refractivity contribution is 0.766. The van der Waals surface area contributed by atoms with Gasteiger partial charge < -0.3 is 10.6 Å². The largest absolute Gasteiger partial charge is 0.352 e. The number of hydrogen-bond acceptors (Lipinski definition) is 3. The van der Waals surface area contributed by atoms with Gasteiger partial charge >= 0.3 is 0 Å². The van der Waals surface area contributed by atoms with Crippen LogP contribution in [0.25, 0.3) is 0 Å². The Kier molecular flexibility index (Phi) is 3.25. The molecule has 0 unspecified atom stereocenters. The molecule has 1 aliphatic heterocycles. The summed E-state index contributed by atoms with van der Waals surface area (Å²) in [7, 11) is 0. The molecular formula is C13H19N3. The Balaban J connectivity index is 2.30. The van der Waals surface area contributed by atoms with Gasteiger partial charge in [-0.3, -0.25) is 0 Å². The molecule has 0 atom stereocenters. The lowest BCUT2D eigenvalue weighted by atomic mass is 10.1. The third kappa shape index (κ3) is 2.09. The molecule has 0 bridgehead atoms. The van der Waals surface area contributed by atoms with Gasteiger partial charge in [0.1, 0.15) is 5.82 Å². The number of anilines is 1. The van der Waals surface area contributed by atoms with Crippen molar-refractivity contribution >= 4 is 5.82 Å². The molecule has 0 saturated carbocycles. The molecule has 3 nitrogen and oxygen atoms in total. The highest BCUT2D eigenvalue weighted by atomic mass is 15.2. The minimum Gasteiger partial charge on any atom is -0.352 e. The standard InChI is InChI=1S/C13H19N3/c1-10-4-7-16(8-5-10)13-12(9-14)11(2)3-6-15-13/h3-4,6H,5,7-9,14H2,1-2H3. The number of nitrogens with two attached hydrogens (primary N) is 1. The summed E-state index contributed by atoms with van der Waals surface area (Å²) in [5.74, 6) is 1.06. The van der Waals surface area contributed by atoms with Gasteiger partial charge in [-0.15, -0.1) is 0 Å². The summed E-state index contributed by atoms with van der Waals surface area (Å²) < 4.78 is 0. The Bertz CT molecular complexity index is 410. The van der Waals surface area contributed by atoms with E-state index in [9.17, 15) is 0 Å². The first kappa shape index (κ1) is 11.1. The van der Waals surface area contributed by atoms with Crippen LogP contribution in [0.5, 0.6) is 0 Å². The lowest BCUT2D eigenvalue weighted by Gasteiger charge is -2.28. The van der Waals surface area contributed by atoms with Crippen molar-refractivity contribution in [3.8, 4) is 0 Å². The molecule has 1 aromatic heterocycles. The van der Waals surface area contributed by atoms with Gasteiger partial charge in [0.2, 0.25) is 0 Å². The fraction of sp³-hybridized carbons (Fsp3) is 0.462. The second kappa shape index (κ2) is 4.66. The molecule has 2 heterocycles. The van der Waals surface area contributed by atoms with Gasteiger partial charge in [0.05, 0.1) is 0 Å². The Morgan fingerprint density at radius 2 is 2.25 bits per heavy atom. The highest BCUT2D eigenvalue weighted by molar-refractivity contribution is 5.51. The van der Waals surface area contributed by atoms with Gasteiger partial charge in [0.25, 0.3) is 0 Å². The molecule has 1 aromatic rings. The van der Waals surface area contributed by atoms with E-state index in [-0.39, 0.29) is 0 Å². The second-order valence-corrected chi connectivity index (χ2v) is 4.38. The number of rotatable bonds is 2. The molecule has 86 valence electrons. The van der Waals surface area contributed by atoms with Crippen molar-refractivity contribution in [2.24, 2.45) is 5.73 Å². The summed E-state index contributed by atoms with van der Waals surface area (Å²) >= 11 is 0. The van der Waals surface area contributed by atoms with E-state index in [1.807, 2.05) is 12.3 Å². The number of pyridine rings is 1. The molecule has 0 fully saturated rings. The maximum Gasteiger partial charge on any atom is 0.133 e. The average Bonchev–Trinajstić information content (AvgIpc) is 2.30. The first-order valence-corrected chi connectivity index (χ1v) is 5.77. The minimum absolute atomic E-state index is 0.564. The van der Waals surface area contributed by atoms with Crippen LogP contribution in [0.15, 0.2) is 23.9 Å². The Morgan fingerprint density at radius 1 is 1.44 bits per heavy atom. The van der Waals surface area contributed by atoms with Gasteiger partial charge in [-0.1, -0.05) is 11.6 Å². The first-order chi connectivity index (χ1) is 7.72. The molecule has 1 aliphatic rings. The molecule has 0 aromatic carbocycles. The van der Waals surface area contributed by atoms with E-state index in [0.29, 0.717) is 6.54 Å². The van der Waals surface area contributed by atoms with Gasteiger partial charge in [0, 0.05) is 31.4 Å². The molecule has 0 radical (unpaired) electrons. The fourth-order valence-electron chi connectivity index (χ4n) is 2.06. The van der Waals surface area contributed by atoms with Crippen molar-refractivity contribution in [3.05, 3.63) is 35.0 Å². The summed E-state index contributed by atoms with van der Waals surface area (Å²) in [6, 6.07) is 2.02. The van der Waals surface area contributed by atoms with E-state index in [1.165, 1.54) is 16.7 Å². The molecule has 2 rings (SSSR count). The van der Waals surface area contributed by atoms with E-state index < -0.39 is 0 Å². The number of aromatic nitrogens is 1. The van der Waals surface area contributed by atoms with Crippen LogP contribution in [0.1, 0.15) is 24.5 Å². The third-order valence-corrected chi connectivity index (χ3v) is 3.21. The summed E-state index contributed by atoms with van der Waals surface area (Å²) in [4.78, 5) is 6.78. The molecular weight excluding hydrogens is 198 g/mol. The van der Waals surface area contributed by atoms with Gasteiger partial charge in [-0.25, -0.2) is 4.98 Å². The predicted octanol–water partition coefficient (Wildman–Crippen LogP) is 2.01. The van der Waals surface area contributed by atoms with Crippen molar-refractivity contribution in [2.45, 2.75) is 26.8 Å². The Hall–Kier alpha value is -1.35. The fourth-order valence-corrected chi connectivity index (χ4v) is 2.06. The van der Waals surface area contributed by atoms with Crippen molar-refractivity contribution in [1.82, 2.24) is 4.98 Å². The van der Waals surface area contributed by atoms with Crippen LogP contribution < -0.4 is 10.6 Å². The monoisotopic (exact) mass is 217 g/mol. The molecule has 2 N–H and O–H groups in total. The van der Waals surface area contributed by atoms with E-state index in [1.54, 1.807) is 0 Å². The third-order valence-electron chi connectivity index (χ3n) is 3.21. The van der Waals surface area contributed by atoms with Crippen LogP contribution >= 0.6 is 0 Å². The molecule has 3 heteroatoms. The smallest absolute Gasteiger partial charge is 0.133 e.